The Labute approximate surface area is 123 Å². The lowest BCUT2D eigenvalue weighted by atomic mass is 10.1. The SMILES string of the molecule is Cc1nccn1-c1ccc(NC(=O)C2CCC(N)C2)cn1. The summed E-state index contributed by atoms with van der Waals surface area (Å²) in [7, 11) is 0. The summed E-state index contributed by atoms with van der Waals surface area (Å²) in [6.07, 6.45) is 7.82. The van der Waals surface area contributed by atoms with E-state index in [0.29, 0.717) is 5.69 Å². The second kappa shape index (κ2) is 5.65. The normalized spacial score (nSPS) is 21.4. The van der Waals surface area contributed by atoms with Crippen LogP contribution in [0.3, 0.4) is 0 Å². The molecule has 1 aliphatic rings. The van der Waals surface area contributed by atoms with Gasteiger partial charge < -0.3 is 11.1 Å². The van der Waals surface area contributed by atoms with Gasteiger partial charge in [0.1, 0.15) is 11.6 Å². The van der Waals surface area contributed by atoms with Crippen molar-refractivity contribution < 1.29 is 4.79 Å². The summed E-state index contributed by atoms with van der Waals surface area (Å²) < 4.78 is 1.89. The summed E-state index contributed by atoms with van der Waals surface area (Å²) in [5.74, 6) is 1.72. The minimum Gasteiger partial charge on any atom is -0.328 e. The molecule has 1 fully saturated rings. The number of imidazole rings is 1. The average molecular weight is 285 g/mol. The third-order valence-electron chi connectivity index (χ3n) is 3.93. The van der Waals surface area contributed by atoms with Gasteiger partial charge in [0.25, 0.3) is 0 Å². The van der Waals surface area contributed by atoms with Gasteiger partial charge in [0, 0.05) is 24.4 Å². The van der Waals surface area contributed by atoms with Crippen LogP contribution in [0.5, 0.6) is 0 Å². The van der Waals surface area contributed by atoms with Crippen molar-refractivity contribution in [2.24, 2.45) is 11.7 Å². The zero-order chi connectivity index (χ0) is 14.8. The first kappa shape index (κ1) is 13.8. The number of nitrogens with zero attached hydrogens (tertiary/aromatic N) is 3. The molecule has 2 heterocycles. The molecule has 0 aromatic carbocycles. The van der Waals surface area contributed by atoms with Crippen LogP contribution in [0.2, 0.25) is 0 Å². The average Bonchev–Trinajstić information content (AvgIpc) is 3.08. The number of carbonyl (C=O) groups is 1. The molecule has 0 aliphatic heterocycles. The predicted molar refractivity (Wildman–Crippen MR) is 80.0 cm³/mol. The van der Waals surface area contributed by atoms with Gasteiger partial charge in [-0.05, 0) is 38.3 Å². The molecule has 2 unspecified atom stereocenters. The predicted octanol–water partition coefficient (Wildman–Crippen LogP) is 1.64. The number of rotatable bonds is 3. The molecule has 3 rings (SSSR count). The number of hydrogen-bond acceptors (Lipinski definition) is 4. The fourth-order valence-corrected chi connectivity index (χ4v) is 2.72. The van der Waals surface area contributed by atoms with Crippen LogP contribution in [-0.2, 0) is 4.79 Å². The summed E-state index contributed by atoms with van der Waals surface area (Å²) in [4.78, 5) is 20.6. The van der Waals surface area contributed by atoms with Crippen LogP contribution in [0, 0.1) is 12.8 Å². The first-order chi connectivity index (χ1) is 10.1. The number of carbonyl (C=O) groups excluding carboxylic acids is 1. The topological polar surface area (TPSA) is 85.8 Å². The monoisotopic (exact) mass is 285 g/mol. The van der Waals surface area contributed by atoms with Gasteiger partial charge >= 0.3 is 0 Å². The summed E-state index contributed by atoms with van der Waals surface area (Å²) in [5, 5.41) is 2.91. The minimum atomic E-state index is 0.0237. The number of hydrogen-bond donors (Lipinski definition) is 2. The molecule has 2 aromatic rings. The van der Waals surface area contributed by atoms with E-state index in [9.17, 15) is 4.79 Å². The van der Waals surface area contributed by atoms with Gasteiger partial charge in [-0.25, -0.2) is 9.97 Å². The van der Waals surface area contributed by atoms with Gasteiger partial charge in [0.05, 0.1) is 11.9 Å². The van der Waals surface area contributed by atoms with Crippen LogP contribution >= 0.6 is 0 Å². The van der Waals surface area contributed by atoms with E-state index in [1.807, 2.05) is 29.8 Å². The van der Waals surface area contributed by atoms with Crippen molar-refractivity contribution in [2.45, 2.75) is 32.2 Å². The Morgan fingerprint density at radius 3 is 2.81 bits per heavy atom. The highest BCUT2D eigenvalue weighted by molar-refractivity contribution is 5.92. The van der Waals surface area contributed by atoms with Crippen LogP contribution < -0.4 is 11.1 Å². The Hall–Kier alpha value is -2.21. The number of anilines is 1. The van der Waals surface area contributed by atoms with Gasteiger partial charge in [-0.1, -0.05) is 0 Å². The molecule has 6 nitrogen and oxygen atoms in total. The summed E-state index contributed by atoms with van der Waals surface area (Å²) in [6, 6.07) is 3.88. The van der Waals surface area contributed by atoms with Gasteiger partial charge in [-0.3, -0.25) is 9.36 Å². The third kappa shape index (κ3) is 2.95. The van der Waals surface area contributed by atoms with Gasteiger partial charge in [-0.15, -0.1) is 0 Å². The molecule has 0 spiro atoms. The second-order valence-electron chi connectivity index (χ2n) is 5.51. The number of amides is 1. The minimum absolute atomic E-state index is 0.0237. The lowest BCUT2D eigenvalue weighted by Gasteiger charge is -2.11. The maximum Gasteiger partial charge on any atom is 0.227 e. The van der Waals surface area contributed by atoms with Gasteiger partial charge in [0.15, 0.2) is 0 Å². The number of aryl methyl sites for hydroxylation is 1. The van der Waals surface area contributed by atoms with E-state index < -0.39 is 0 Å². The maximum absolute atomic E-state index is 12.1. The van der Waals surface area contributed by atoms with Crippen LogP contribution in [0.25, 0.3) is 5.82 Å². The van der Waals surface area contributed by atoms with Crippen LogP contribution in [0.4, 0.5) is 5.69 Å². The van der Waals surface area contributed by atoms with Crippen molar-refractivity contribution >= 4 is 11.6 Å². The summed E-state index contributed by atoms with van der Waals surface area (Å²) in [5.41, 5.74) is 6.55. The molecule has 0 radical (unpaired) electrons. The van der Waals surface area contributed by atoms with E-state index in [4.69, 9.17) is 5.73 Å². The van der Waals surface area contributed by atoms with E-state index in [-0.39, 0.29) is 17.9 Å². The van der Waals surface area contributed by atoms with E-state index in [2.05, 4.69) is 15.3 Å². The molecular formula is C15H19N5O. The molecule has 1 saturated carbocycles. The van der Waals surface area contributed by atoms with Crippen molar-refractivity contribution in [1.82, 2.24) is 14.5 Å². The quantitative estimate of drug-likeness (QED) is 0.897. The fourth-order valence-electron chi connectivity index (χ4n) is 2.72. The first-order valence-corrected chi connectivity index (χ1v) is 7.16. The highest BCUT2D eigenvalue weighted by Crippen LogP contribution is 2.25. The molecule has 1 aliphatic carbocycles. The number of nitrogens with one attached hydrogen (secondary N) is 1. The highest BCUT2D eigenvalue weighted by Gasteiger charge is 2.27. The Kier molecular flexibility index (Phi) is 3.70. The van der Waals surface area contributed by atoms with Crippen molar-refractivity contribution in [3.63, 3.8) is 0 Å². The third-order valence-corrected chi connectivity index (χ3v) is 3.93. The molecule has 0 saturated heterocycles. The van der Waals surface area contributed by atoms with Crippen molar-refractivity contribution in [3.8, 4) is 5.82 Å². The fraction of sp³-hybridized carbons (Fsp3) is 0.400. The standard InChI is InChI=1S/C15H19N5O/c1-10-17-6-7-20(10)14-5-4-13(9-18-14)19-15(21)11-2-3-12(16)8-11/h4-7,9,11-12H,2-3,8,16H2,1H3,(H,19,21). The van der Waals surface area contributed by atoms with Crippen LogP contribution in [-0.4, -0.2) is 26.5 Å². The molecule has 110 valence electrons. The summed E-state index contributed by atoms with van der Waals surface area (Å²) >= 11 is 0. The van der Waals surface area contributed by atoms with E-state index >= 15 is 0 Å². The van der Waals surface area contributed by atoms with Crippen molar-refractivity contribution in [2.75, 3.05) is 5.32 Å². The molecule has 2 aromatic heterocycles. The number of nitrogens with two attached hydrogens (primary N) is 1. The molecule has 3 N–H and O–H groups in total. The zero-order valence-electron chi connectivity index (χ0n) is 12.0. The molecule has 0 bridgehead atoms. The zero-order valence-corrected chi connectivity index (χ0v) is 12.0. The molecule has 6 heteroatoms. The lowest BCUT2D eigenvalue weighted by Crippen LogP contribution is -2.23. The Morgan fingerprint density at radius 2 is 2.24 bits per heavy atom. The maximum atomic E-state index is 12.1. The van der Waals surface area contributed by atoms with Crippen molar-refractivity contribution in [1.29, 1.82) is 0 Å². The Bertz CT molecular complexity index is 634. The Balaban J connectivity index is 1.67. The lowest BCUT2D eigenvalue weighted by molar-refractivity contribution is -0.119. The Morgan fingerprint density at radius 1 is 1.38 bits per heavy atom. The van der Waals surface area contributed by atoms with Crippen LogP contribution in [0.15, 0.2) is 30.7 Å². The van der Waals surface area contributed by atoms with Gasteiger partial charge in [-0.2, -0.15) is 0 Å². The van der Waals surface area contributed by atoms with E-state index in [0.717, 1.165) is 30.9 Å². The summed E-state index contributed by atoms with van der Waals surface area (Å²) in [6.45, 7) is 1.92. The first-order valence-electron chi connectivity index (χ1n) is 7.16. The number of pyridine rings is 1. The largest absolute Gasteiger partial charge is 0.328 e. The van der Waals surface area contributed by atoms with E-state index in [1.165, 1.54) is 0 Å². The van der Waals surface area contributed by atoms with Crippen LogP contribution in [0.1, 0.15) is 25.1 Å². The highest BCUT2D eigenvalue weighted by atomic mass is 16.1. The number of aromatic nitrogens is 3. The molecule has 2 atom stereocenters. The molecule has 1 amide bonds. The van der Waals surface area contributed by atoms with Crippen molar-refractivity contribution in [3.05, 3.63) is 36.5 Å². The molecule has 21 heavy (non-hydrogen) atoms. The second-order valence-corrected chi connectivity index (χ2v) is 5.51. The van der Waals surface area contributed by atoms with E-state index in [1.54, 1.807) is 12.4 Å². The van der Waals surface area contributed by atoms with Gasteiger partial charge in [0.2, 0.25) is 5.91 Å². The smallest absolute Gasteiger partial charge is 0.227 e. The molecular weight excluding hydrogens is 266 g/mol.